The molecule has 1 saturated heterocycles. The number of hydrogen-bond acceptors (Lipinski definition) is 4. The van der Waals surface area contributed by atoms with Crippen molar-refractivity contribution >= 4 is 0 Å². The zero-order valence-corrected chi connectivity index (χ0v) is 13.0. The molecule has 2 fully saturated rings. The molecule has 2 aliphatic rings. The molecule has 1 saturated carbocycles. The summed E-state index contributed by atoms with van der Waals surface area (Å²) in [4.78, 5) is 2.60. The minimum atomic E-state index is -0.279. The highest BCUT2D eigenvalue weighted by atomic mass is 16.5. The number of rotatable bonds is 6. The standard InChI is InChI=1S/C16H29N3O/c1-3-8-18-16(13-17)7-4-5-15(10-16)19-9-6-14(11-19)12-20-2/h14-15,18H,3-12H2,1-2H3. The van der Waals surface area contributed by atoms with Gasteiger partial charge in [-0.05, 0) is 57.5 Å². The van der Waals surface area contributed by atoms with Crippen LogP contribution in [-0.4, -0.2) is 49.8 Å². The van der Waals surface area contributed by atoms with Gasteiger partial charge in [0, 0.05) is 19.7 Å². The third kappa shape index (κ3) is 3.72. The van der Waals surface area contributed by atoms with E-state index in [1.54, 1.807) is 7.11 Å². The van der Waals surface area contributed by atoms with Crippen molar-refractivity contribution in [1.82, 2.24) is 10.2 Å². The minimum Gasteiger partial charge on any atom is -0.384 e. The van der Waals surface area contributed by atoms with Gasteiger partial charge in [0.05, 0.1) is 12.7 Å². The summed E-state index contributed by atoms with van der Waals surface area (Å²) in [6.45, 7) is 6.31. The molecule has 2 rings (SSSR count). The molecule has 0 aromatic heterocycles. The highest BCUT2D eigenvalue weighted by Crippen LogP contribution is 2.33. The van der Waals surface area contributed by atoms with Crippen LogP contribution >= 0.6 is 0 Å². The van der Waals surface area contributed by atoms with Crippen LogP contribution in [0, 0.1) is 17.2 Å². The lowest BCUT2D eigenvalue weighted by atomic mass is 9.79. The van der Waals surface area contributed by atoms with Crippen molar-refractivity contribution in [3.63, 3.8) is 0 Å². The highest BCUT2D eigenvalue weighted by molar-refractivity contribution is 5.11. The fourth-order valence-corrected chi connectivity index (χ4v) is 3.79. The van der Waals surface area contributed by atoms with Crippen molar-refractivity contribution in [2.24, 2.45) is 5.92 Å². The summed E-state index contributed by atoms with van der Waals surface area (Å²) in [5.41, 5.74) is -0.279. The third-order valence-electron chi connectivity index (χ3n) is 4.89. The summed E-state index contributed by atoms with van der Waals surface area (Å²) in [6, 6.07) is 3.16. The van der Waals surface area contributed by atoms with Crippen LogP contribution in [0.3, 0.4) is 0 Å². The molecule has 1 aliphatic heterocycles. The van der Waals surface area contributed by atoms with Gasteiger partial charge in [-0.1, -0.05) is 6.92 Å². The van der Waals surface area contributed by atoms with Gasteiger partial charge >= 0.3 is 0 Å². The summed E-state index contributed by atoms with van der Waals surface area (Å²) in [7, 11) is 1.79. The van der Waals surface area contributed by atoms with E-state index in [1.807, 2.05) is 0 Å². The predicted molar refractivity (Wildman–Crippen MR) is 80.4 cm³/mol. The maximum Gasteiger partial charge on any atom is 0.108 e. The molecule has 4 heteroatoms. The predicted octanol–water partition coefficient (Wildman–Crippen LogP) is 2.16. The molecule has 1 heterocycles. The van der Waals surface area contributed by atoms with Crippen molar-refractivity contribution < 1.29 is 4.74 Å². The monoisotopic (exact) mass is 279 g/mol. The molecule has 0 bridgehead atoms. The fourth-order valence-electron chi connectivity index (χ4n) is 3.79. The van der Waals surface area contributed by atoms with Crippen LogP contribution in [0.15, 0.2) is 0 Å². The second kappa shape index (κ2) is 7.40. The van der Waals surface area contributed by atoms with Crippen LogP contribution in [0.25, 0.3) is 0 Å². The van der Waals surface area contributed by atoms with Crippen molar-refractivity contribution in [2.45, 2.75) is 57.0 Å². The number of methoxy groups -OCH3 is 1. The first-order valence-corrected chi connectivity index (χ1v) is 8.12. The Labute approximate surface area is 123 Å². The van der Waals surface area contributed by atoms with E-state index >= 15 is 0 Å². The molecular weight excluding hydrogens is 250 g/mol. The Morgan fingerprint density at radius 2 is 2.30 bits per heavy atom. The van der Waals surface area contributed by atoms with E-state index in [-0.39, 0.29) is 5.54 Å². The first kappa shape index (κ1) is 15.8. The van der Waals surface area contributed by atoms with Crippen LogP contribution in [0.2, 0.25) is 0 Å². The van der Waals surface area contributed by atoms with E-state index in [0.717, 1.165) is 39.0 Å². The van der Waals surface area contributed by atoms with Crippen LogP contribution < -0.4 is 5.32 Å². The molecule has 3 atom stereocenters. The largest absolute Gasteiger partial charge is 0.384 e. The van der Waals surface area contributed by atoms with Crippen molar-refractivity contribution in [3.8, 4) is 6.07 Å². The maximum atomic E-state index is 9.61. The summed E-state index contributed by atoms with van der Waals surface area (Å²) in [5, 5.41) is 13.1. The van der Waals surface area contributed by atoms with E-state index in [4.69, 9.17) is 4.74 Å². The first-order valence-electron chi connectivity index (χ1n) is 8.12. The second-order valence-electron chi connectivity index (χ2n) is 6.48. The van der Waals surface area contributed by atoms with E-state index in [9.17, 15) is 5.26 Å². The highest BCUT2D eigenvalue weighted by Gasteiger charge is 2.39. The topological polar surface area (TPSA) is 48.3 Å². The van der Waals surface area contributed by atoms with Gasteiger partial charge in [-0.2, -0.15) is 5.26 Å². The van der Waals surface area contributed by atoms with Gasteiger partial charge < -0.3 is 4.74 Å². The smallest absolute Gasteiger partial charge is 0.108 e. The normalized spacial score (nSPS) is 35.0. The maximum absolute atomic E-state index is 9.61. The first-order chi connectivity index (χ1) is 9.73. The summed E-state index contributed by atoms with van der Waals surface area (Å²) in [5.74, 6) is 0.682. The van der Waals surface area contributed by atoms with Gasteiger partial charge in [0.2, 0.25) is 0 Å². The molecule has 1 aliphatic carbocycles. The van der Waals surface area contributed by atoms with Crippen LogP contribution in [0.5, 0.6) is 0 Å². The zero-order chi connectivity index (χ0) is 14.4. The lowest BCUT2D eigenvalue weighted by molar-refractivity contribution is 0.121. The average molecular weight is 279 g/mol. The van der Waals surface area contributed by atoms with Gasteiger partial charge in [0.25, 0.3) is 0 Å². The lowest BCUT2D eigenvalue weighted by Crippen LogP contribution is -2.52. The Morgan fingerprint density at radius 3 is 3.00 bits per heavy atom. The Bertz CT molecular complexity index is 341. The molecule has 20 heavy (non-hydrogen) atoms. The average Bonchev–Trinajstić information content (AvgIpc) is 2.94. The quantitative estimate of drug-likeness (QED) is 0.809. The van der Waals surface area contributed by atoms with Gasteiger partial charge in [-0.25, -0.2) is 0 Å². The van der Waals surface area contributed by atoms with Gasteiger partial charge in [-0.15, -0.1) is 0 Å². The fraction of sp³-hybridized carbons (Fsp3) is 0.938. The molecule has 0 aromatic rings. The Morgan fingerprint density at radius 1 is 1.45 bits per heavy atom. The second-order valence-corrected chi connectivity index (χ2v) is 6.48. The number of ether oxygens (including phenoxy) is 1. The zero-order valence-electron chi connectivity index (χ0n) is 13.0. The number of hydrogen-bond donors (Lipinski definition) is 1. The summed E-state index contributed by atoms with van der Waals surface area (Å²) < 4.78 is 5.29. The van der Waals surface area contributed by atoms with Crippen LogP contribution in [0.1, 0.15) is 45.4 Å². The van der Waals surface area contributed by atoms with Gasteiger partial charge in [0.1, 0.15) is 5.54 Å². The lowest BCUT2D eigenvalue weighted by Gasteiger charge is -2.40. The van der Waals surface area contributed by atoms with Gasteiger partial charge in [-0.3, -0.25) is 10.2 Å². The Balaban J connectivity index is 1.91. The number of nitriles is 1. The summed E-state index contributed by atoms with van der Waals surface area (Å²) in [6.07, 6.45) is 6.75. The molecule has 114 valence electrons. The number of nitrogens with one attached hydrogen (secondary N) is 1. The molecule has 0 aromatic carbocycles. The van der Waals surface area contributed by atoms with E-state index in [2.05, 4.69) is 23.2 Å². The molecule has 0 spiro atoms. The molecule has 0 radical (unpaired) electrons. The van der Waals surface area contributed by atoms with Gasteiger partial charge in [0.15, 0.2) is 0 Å². The van der Waals surface area contributed by atoms with Crippen LogP contribution in [0.4, 0.5) is 0 Å². The summed E-state index contributed by atoms with van der Waals surface area (Å²) >= 11 is 0. The third-order valence-corrected chi connectivity index (χ3v) is 4.89. The number of likely N-dealkylation sites (tertiary alicyclic amines) is 1. The Kier molecular flexibility index (Phi) is 5.83. The molecular formula is C16H29N3O. The van der Waals surface area contributed by atoms with E-state index < -0.39 is 0 Å². The van der Waals surface area contributed by atoms with Crippen molar-refractivity contribution in [3.05, 3.63) is 0 Å². The minimum absolute atomic E-state index is 0.279. The molecule has 3 unspecified atom stereocenters. The molecule has 1 N–H and O–H groups in total. The van der Waals surface area contributed by atoms with E-state index in [1.165, 1.54) is 25.8 Å². The van der Waals surface area contributed by atoms with Crippen molar-refractivity contribution in [2.75, 3.05) is 33.4 Å². The van der Waals surface area contributed by atoms with Crippen LogP contribution in [-0.2, 0) is 4.74 Å². The van der Waals surface area contributed by atoms with Crippen molar-refractivity contribution in [1.29, 1.82) is 5.26 Å². The number of nitrogens with zero attached hydrogens (tertiary/aromatic N) is 2. The Hall–Kier alpha value is -0.630. The van der Waals surface area contributed by atoms with E-state index in [0.29, 0.717) is 12.0 Å². The molecule has 4 nitrogen and oxygen atoms in total. The molecule has 0 amide bonds. The SMILES string of the molecule is CCCNC1(C#N)CCCC(N2CCC(COC)C2)C1.